The van der Waals surface area contributed by atoms with Crippen molar-refractivity contribution in [2.45, 2.75) is 19.9 Å². The van der Waals surface area contributed by atoms with E-state index in [1.807, 2.05) is 13.8 Å². The highest BCUT2D eigenvalue weighted by atomic mass is 16.1. The minimum atomic E-state index is -0.495. The maximum atomic E-state index is 11.0. The summed E-state index contributed by atoms with van der Waals surface area (Å²) in [5.74, 6) is 0.0927. The van der Waals surface area contributed by atoms with Gasteiger partial charge in [0, 0.05) is 0 Å². The van der Waals surface area contributed by atoms with E-state index >= 15 is 0 Å². The summed E-state index contributed by atoms with van der Waals surface area (Å²) >= 11 is 0. The van der Waals surface area contributed by atoms with Crippen LogP contribution in [0.1, 0.15) is 13.8 Å². The Morgan fingerprint density at radius 1 is 1.57 bits per heavy atom. The van der Waals surface area contributed by atoms with Crippen LogP contribution in [0.3, 0.4) is 0 Å². The van der Waals surface area contributed by atoms with Gasteiger partial charge in [0.1, 0.15) is 6.04 Å². The van der Waals surface area contributed by atoms with Gasteiger partial charge in [-0.3, -0.25) is 4.79 Å². The number of nitrogens with two attached hydrogens (primary N) is 2. The molecule has 0 saturated carbocycles. The molecular formula is C7H14N6O. The smallest absolute Gasteiger partial charge is 0.244 e. The number of aromatic amines is 1. The Balaban J connectivity index is 2.69. The van der Waals surface area contributed by atoms with E-state index in [0.29, 0.717) is 0 Å². The van der Waals surface area contributed by atoms with Crippen molar-refractivity contribution >= 4 is 17.8 Å². The Labute approximate surface area is 81.3 Å². The van der Waals surface area contributed by atoms with E-state index in [4.69, 9.17) is 11.5 Å². The van der Waals surface area contributed by atoms with Crippen LogP contribution < -0.4 is 16.8 Å². The maximum Gasteiger partial charge on any atom is 0.244 e. The van der Waals surface area contributed by atoms with Crippen LogP contribution in [0.5, 0.6) is 0 Å². The highest BCUT2D eigenvalue weighted by Crippen LogP contribution is 2.08. The summed E-state index contributed by atoms with van der Waals surface area (Å²) in [5, 5.41) is 8.98. The van der Waals surface area contributed by atoms with Crippen molar-refractivity contribution in [3.63, 3.8) is 0 Å². The summed E-state index contributed by atoms with van der Waals surface area (Å²) in [4.78, 5) is 14.8. The molecule has 1 aromatic rings. The lowest BCUT2D eigenvalue weighted by Gasteiger charge is -2.17. The molecule has 0 spiro atoms. The van der Waals surface area contributed by atoms with E-state index in [0.717, 1.165) is 0 Å². The Bertz CT molecular complexity index is 320. The number of nitrogens with one attached hydrogen (secondary N) is 2. The lowest BCUT2D eigenvalue weighted by Crippen LogP contribution is -2.39. The van der Waals surface area contributed by atoms with Gasteiger partial charge in [-0.05, 0) is 5.92 Å². The molecule has 1 heterocycles. The molecule has 1 atom stereocenters. The maximum absolute atomic E-state index is 11.0. The second kappa shape index (κ2) is 3.95. The van der Waals surface area contributed by atoms with Gasteiger partial charge in [0.15, 0.2) is 0 Å². The summed E-state index contributed by atoms with van der Waals surface area (Å²) in [7, 11) is 0. The third-order valence-corrected chi connectivity index (χ3v) is 1.76. The van der Waals surface area contributed by atoms with Gasteiger partial charge in [-0.1, -0.05) is 13.8 Å². The van der Waals surface area contributed by atoms with Gasteiger partial charge in [0.2, 0.25) is 17.8 Å². The largest absolute Gasteiger partial charge is 0.368 e. The zero-order valence-corrected chi connectivity index (χ0v) is 8.11. The molecule has 6 N–H and O–H groups in total. The molecule has 1 aromatic heterocycles. The van der Waals surface area contributed by atoms with Crippen molar-refractivity contribution in [1.29, 1.82) is 0 Å². The molecule has 0 radical (unpaired) electrons. The number of nitrogen functional groups attached to an aromatic ring is 1. The van der Waals surface area contributed by atoms with E-state index in [-0.39, 0.29) is 17.8 Å². The van der Waals surface area contributed by atoms with Gasteiger partial charge < -0.3 is 16.8 Å². The zero-order chi connectivity index (χ0) is 10.7. The van der Waals surface area contributed by atoms with Gasteiger partial charge in [0.25, 0.3) is 0 Å². The van der Waals surface area contributed by atoms with Crippen LogP contribution in [0.25, 0.3) is 0 Å². The second-order valence-corrected chi connectivity index (χ2v) is 3.31. The Morgan fingerprint density at radius 3 is 2.57 bits per heavy atom. The monoisotopic (exact) mass is 198 g/mol. The van der Waals surface area contributed by atoms with E-state index in [9.17, 15) is 4.79 Å². The van der Waals surface area contributed by atoms with E-state index in [1.54, 1.807) is 0 Å². The Hall–Kier alpha value is -1.79. The standard InChI is InChI=1S/C7H14N6O/c1-3(2)4(5(8)14)10-7-11-6(9)12-13-7/h3-4H,1-2H3,(H2,8,14)(H4,9,10,11,12,13). The van der Waals surface area contributed by atoms with Gasteiger partial charge in [-0.25, -0.2) is 5.10 Å². The van der Waals surface area contributed by atoms with Crippen molar-refractivity contribution < 1.29 is 4.79 Å². The molecule has 14 heavy (non-hydrogen) atoms. The van der Waals surface area contributed by atoms with Gasteiger partial charge in [0.05, 0.1) is 0 Å². The lowest BCUT2D eigenvalue weighted by molar-refractivity contribution is -0.119. The predicted molar refractivity (Wildman–Crippen MR) is 52.2 cm³/mol. The number of amides is 1. The van der Waals surface area contributed by atoms with Crippen molar-refractivity contribution in [1.82, 2.24) is 15.2 Å². The number of anilines is 2. The number of hydrogen-bond donors (Lipinski definition) is 4. The lowest BCUT2D eigenvalue weighted by atomic mass is 10.0. The number of H-pyrrole nitrogens is 1. The van der Waals surface area contributed by atoms with Crippen molar-refractivity contribution in [3.8, 4) is 0 Å². The van der Waals surface area contributed by atoms with Crippen molar-refractivity contribution in [2.75, 3.05) is 11.1 Å². The van der Waals surface area contributed by atoms with E-state index in [1.165, 1.54) is 0 Å². The van der Waals surface area contributed by atoms with Crippen molar-refractivity contribution in [2.24, 2.45) is 11.7 Å². The van der Waals surface area contributed by atoms with Crippen LogP contribution in [0.4, 0.5) is 11.9 Å². The molecule has 78 valence electrons. The first-order valence-corrected chi connectivity index (χ1v) is 4.24. The number of hydrogen-bond acceptors (Lipinski definition) is 5. The third kappa shape index (κ3) is 2.35. The number of rotatable bonds is 4. The summed E-state index contributed by atoms with van der Waals surface area (Å²) in [6.07, 6.45) is 0. The van der Waals surface area contributed by atoms with Crippen LogP contribution in [0.15, 0.2) is 0 Å². The summed E-state index contributed by atoms with van der Waals surface area (Å²) in [6, 6.07) is -0.495. The SMILES string of the molecule is CC(C)C(Nc1n[nH]c(N)n1)C(N)=O. The average molecular weight is 198 g/mol. The molecule has 0 aliphatic rings. The molecule has 0 saturated heterocycles. The zero-order valence-electron chi connectivity index (χ0n) is 8.11. The molecular weight excluding hydrogens is 184 g/mol. The number of nitrogens with zero attached hydrogens (tertiary/aromatic N) is 2. The quantitative estimate of drug-likeness (QED) is 0.510. The summed E-state index contributed by atoms with van der Waals surface area (Å²) in [5.41, 5.74) is 10.5. The topological polar surface area (TPSA) is 123 Å². The summed E-state index contributed by atoms with van der Waals surface area (Å²) < 4.78 is 0. The highest BCUT2D eigenvalue weighted by molar-refractivity contribution is 5.82. The first-order chi connectivity index (χ1) is 6.50. The summed E-state index contributed by atoms with van der Waals surface area (Å²) in [6.45, 7) is 3.75. The van der Waals surface area contributed by atoms with Crippen LogP contribution >= 0.6 is 0 Å². The molecule has 0 fully saturated rings. The first kappa shape index (κ1) is 10.3. The van der Waals surface area contributed by atoms with Crippen LogP contribution in [0.2, 0.25) is 0 Å². The van der Waals surface area contributed by atoms with Crippen molar-refractivity contribution in [3.05, 3.63) is 0 Å². The number of carbonyl (C=O) groups is 1. The van der Waals surface area contributed by atoms with E-state index < -0.39 is 11.9 Å². The fourth-order valence-corrected chi connectivity index (χ4v) is 1.04. The van der Waals surface area contributed by atoms with Crippen LogP contribution in [-0.4, -0.2) is 27.1 Å². The predicted octanol–water partition coefficient (Wildman–Crippen LogP) is -0.691. The number of carbonyl (C=O) groups excluding carboxylic acids is 1. The fraction of sp³-hybridized carbons (Fsp3) is 0.571. The van der Waals surface area contributed by atoms with Gasteiger partial charge in [-0.15, -0.1) is 5.10 Å². The molecule has 7 nitrogen and oxygen atoms in total. The Morgan fingerprint density at radius 2 is 2.21 bits per heavy atom. The molecule has 1 rings (SSSR count). The number of primary amides is 1. The fourth-order valence-electron chi connectivity index (χ4n) is 1.04. The molecule has 0 aliphatic heterocycles. The molecule has 0 bridgehead atoms. The normalized spacial score (nSPS) is 12.8. The minimum absolute atomic E-state index is 0.0622. The average Bonchev–Trinajstić information content (AvgIpc) is 2.46. The molecule has 0 aliphatic carbocycles. The molecule has 1 unspecified atom stereocenters. The highest BCUT2D eigenvalue weighted by Gasteiger charge is 2.20. The first-order valence-electron chi connectivity index (χ1n) is 4.24. The van der Waals surface area contributed by atoms with E-state index in [2.05, 4.69) is 20.5 Å². The third-order valence-electron chi connectivity index (χ3n) is 1.76. The van der Waals surface area contributed by atoms with Gasteiger partial charge in [-0.2, -0.15) is 4.98 Å². The second-order valence-electron chi connectivity index (χ2n) is 3.31. The molecule has 0 aromatic carbocycles. The number of aromatic nitrogens is 3. The molecule has 1 amide bonds. The van der Waals surface area contributed by atoms with Gasteiger partial charge >= 0.3 is 0 Å². The van der Waals surface area contributed by atoms with Crippen LogP contribution in [0, 0.1) is 5.92 Å². The van der Waals surface area contributed by atoms with Crippen LogP contribution in [-0.2, 0) is 4.79 Å². The molecule has 7 heteroatoms. The minimum Gasteiger partial charge on any atom is -0.368 e. The Kier molecular flexibility index (Phi) is 2.90.